The smallest absolute Gasteiger partial charge is 0.136 e. The van der Waals surface area contributed by atoms with Crippen LogP contribution in [-0.4, -0.2) is 15.0 Å². The van der Waals surface area contributed by atoms with Crippen molar-refractivity contribution in [2.45, 2.75) is 26.2 Å². The van der Waals surface area contributed by atoms with Gasteiger partial charge in [0.1, 0.15) is 11.6 Å². The van der Waals surface area contributed by atoms with E-state index in [-0.39, 0.29) is 5.41 Å². The molecule has 2 aromatic rings. The summed E-state index contributed by atoms with van der Waals surface area (Å²) in [6.07, 6.45) is 3.40. The van der Waals surface area contributed by atoms with Crippen LogP contribution in [0.1, 0.15) is 26.6 Å². The first-order valence-corrected chi connectivity index (χ1v) is 4.86. The Hall–Kier alpha value is -1.71. The van der Waals surface area contributed by atoms with Crippen LogP contribution in [0.2, 0.25) is 0 Å². The number of pyridine rings is 1. The third-order valence-corrected chi connectivity index (χ3v) is 2.20. The summed E-state index contributed by atoms with van der Waals surface area (Å²) in [4.78, 5) is 12.8. The minimum absolute atomic E-state index is 0.0991. The lowest BCUT2D eigenvalue weighted by atomic mass is 9.95. The predicted molar refractivity (Wildman–Crippen MR) is 60.4 cm³/mol. The number of nitrogen functional groups attached to an aromatic ring is 1. The second kappa shape index (κ2) is 3.15. The Balaban J connectivity index is 2.73. The molecule has 2 aromatic heterocycles. The van der Waals surface area contributed by atoms with E-state index in [9.17, 15) is 0 Å². The Morgan fingerprint density at radius 2 is 1.93 bits per heavy atom. The van der Waals surface area contributed by atoms with Crippen molar-refractivity contribution in [3.8, 4) is 0 Å². The van der Waals surface area contributed by atoms with E-state index in [2.05, 4.69) is 35.7 Å². The van der Waals surface area contributed by atoms with Crippen LogP contribution in [0.5, 0.6) is 0 Å². The first-order valence-electron chi connectivity index (χ1n) is 4.86. The molecule has 0 unspecified atom stereocenters. The Morgan fingerprint density at radius 3 is 2.60 bits per heavy atom. The van der Waals surface area contributed by atoms with Gasteiger partial charge >= 0.3 is 0 Å². The Morgan fingerprint density at radius 1 is 1.20 bits per heavy atom. The fourth-order valence-corrected chi connectivity index (χ4v) is 1.34. The first-order chi connectivity index (χ1) is 6.98. The van der Waals surface area contributed by atoms with E-state index in [0.717, 1.165) is 16.7 Å². The van der Waals surface area contributed by atoms with Gasteiger partial charge in [0.15, 0.2) is 0 Å². The van der Waals surface area contributed by atoms with Crippen molar-refractivity contribution in [1.82, 2.24) is 15.0 Å². The summed E-state index contributed by atoms with van der Waals surface area (Å²) in [6.45, 7) is 6.18. The van der Waals surface area contributed by atoms with Gasteiger partial charge in [-0.1, -0.05) is 20.8 Å². The zero-order valence-electron chi connectivity index (χ0n) is 9.15. The molecule has 2 rings (SSSR count). The van der Waals surface area contributed by atoms with Gasteiger partial charge in [-0.2, -0.15) is 0 Å². The number of nitrogens with two attached hydrogens (primary N) is 1. The van der Waals surface area contributed by atoms with E-state index in [1.165, 1.54) is 0 Å². The number of rotatable bonds is 0. The molecule has 0 saturated carbocycles. The molecule has 0 amide bonds. The minimum Gasteiger partial charge on any atom is -0.383 e. The molecule has 15 heavy (non-hydrogen) atoms. The molecule has 0 aromatic carbocycles. The van der Waals surface area contributed by atoms with Crippen LogP contribution >= 0.6 is 0 Å². The number of nitrogens with zero attached hydrogens (tertiary/aromatic N) is 3. The minimum atomic E-state index is -0.0991. The van der Waals surface area contributed by atoms with Gasteiger partial charge in [-0.15, -0.1) is 0 Å². The van der Waals surface area contributed by atoms with Crippen LogP contribution in [0.3, 0.4) is 0 Å². The summed E-state index contributed by atoms with van der Waals surface area (Å²) < 4.78 is 0. The summed E-state index contributed by atoms with van der Waals surface area (Å²) in [5.74, 6) is 1.27. The fraction of sp³-hybridized carbons (Fsp3) is 0.364. The SMILES string of the molecule is CC(C)(C)c1nc(N)c2ccncc2n1. The molecule has 0 spiro atoms. The third-order valence-electron chi connectivity index (χ3n) is 2.20. The Bertz CT molecular complexity index is 499. The number of hydrogen-bond donors (Lipinski definition) is 1. The molecule has 78 valence electrons. The second-order valence-electron chi connectivity index (χ2n) is 4.58. The van der Waals surface area contributed by atoms with Gasteiger partial charge in [0, 0.05) is 17.0 Å². The summed E-state index contributed by atoms with van der Waals surface area (Å²) in [6, 6.07) is 1.83. The van der Waals surface area contributed by atoms with E-state index in [1.54, 1.807) is 12.4 Å². The third kappa shape index (κ3) is 1.75. The maximum Gasteiger partial charge on any atom is 0.136 e. The van der Waals surface area contributed by atoms with E-state index >= 15 is 0 Å². The van der Waals surface area contributed by atoms with E-state index < -0.39 is 0 Å². The van der Waals surface area contributed by atoms with Gasteiger partial charge in [-0.05, 0) is 6.07 Å². The van der Waals surface area contributed by atoms with E-state index in [4.69, 9.17) is 5.73 Å². The van der Waals surface area contributed by atoms with Crippen LogP contribution < -0.4 is 5.73 Å². The van der Waals surface area contributed by atoms with Crippen molar-refractivity contribution in [3.05, 3.63) is 24.3 Å². The van der Waals surface area contributed by atoms with Crippen LogP contribution in [0, 0.1) is 0 Å². The second-order valence-corrected chi connectivity index (χ2v) is 4.58. The van der Waals surface area contributed by atoms with Crippen molar-refractivity contribution >= 4 is 16.7 Å². The lowest BCUT2D eigenvalue weighted by molar-refractivity contribution is 0.549. The molecule has 0 fully saturated rings. The standard InChI is InChI=1S/C11H14N4/c1-11(2,3)10-14-8-6-13-5-4-7(8)9(12)15-10/h4-6H,1-3H3,(H2,12,14,15). The molecule has 0 aliphatic carbocycles. The quantitative estimate of drug-likeness (QED) is 0.708. The highest BCUT2D eigenvalue weighted by atomic mass is 15.0. The normalized spacial score (nSPS) is 11.9. The zero-order valence-corrected chi connectivity index (χ0v) is 9.15. The van der Waals surface area contributed by atoms with Crippen molar-refractivity contribution in [2.24, 2.45) is 0 Å². The van der Waals surface area contributed by atoms with Crippen LogP contribution in [0.4, 0.5) is 5.82 Å². The molecule has 2 heterocycles. The number of anilines is 1. The highest BCUT2D eigenvalue weighted by molar-refractivity contribution is 5.87. The first kappa shape index (κ1) is 9.83. The van der Waals surface area contributed by atoms with Crippen LogP contribution in [-0.2, 0) is 5.41 Å². The number of fused-ring (bicyclic) bond motifs is 1. The Kier molecular flexibility index (Phi) is 2.07. The topological polar surface area (TPSA) is 64.7 Å². The molecule has 0 radical (unpaired) electrons. The van der Waals surface area contributed by atoms with Crippen molar-refractivity contribution in [2.75, 3.05) is 5.73 Å². The van der Waals surface area contributed by atoms with Gasteiger partial charge in [0.2, 0.25) is 0 Å². The Labute approximate surface area is 88.6 Å². The molecule has 0 atom stereocenters. The number of hydrogen-bond acceptors (Lipinski definition) is 4. The van der Waals surface area contributed by atoms with Gasteiger partial charge in [-0.25, -0.2) is 9.97 Å². The van der Waals surface area contributed by atoms with Gasteiger partial charge in [0.05, 0.1) is 11.7 Å². The van der Waals surface area contributed by atoms with E-state index in [1.807, 2.05) is 6.07 Å². The molecular weight excluding hydrogens is 188 g/mol. The van der Waals surface area contributed by atoms with Crippen LogP contribution in [0.15, 0.2) is 18.5 Å². The van der Waals surface area contributed by atoms with Crippen molar-refractivity contribution in [3.63, 3.8) is 0 Å². The predicted octanol–water partition coefficient (Wildman–Crippen LogP) is 1.90. The molecule has 0 aliphatic heterocycles. The molecular formula is C11H14N4. The maximum atomic E-state index is 5.87. The average Bonchev–Trinajstić information content (AvgIpc) is 2.16. The molecule has 0 aliphatic rings. The lowest BCUT2D eigenvalue weighted by Gasteiger charge is -2.17. The number of aromatic nitrogens is 3. The largest absolute Gasteiger partial charge is 0.383 e. The lowest BCUT2D eigenvalue weighted by Crippen LogP contribution is -2.17. The monoisotopic (exact) mass is 202 g/mol. The average molecular weight is 202 g/mol. The zero-order chi connectivity index (χ0) is 11.1. The summed E-state index contributed by atoms with van der Waals surface area (Å²) in [5, 5.41) is 0.859. The van der Waals surface area contributed by atoms with Gasteiger partial charge < -0.3 is 5.73 Å². The highest BCUT2D eigenvalue weighted by Crippen LogP contribution is 2.23. The van der Waals surface area contributed by atoms with Crippen molar-refractivity contribution < 1.29 is 0 Å². The molecule has 2 N–H and O–H groups in total. The van der Waals surface area contributed by atoms with Gasteiger partial charge in [-0.3, -0.25) is 4.98 Å². The molecule has 0 saturated heterocycles. The molecule has 4 nitrogen and oxygen atoms in total. The summed E-state index contributed by atoms with van der Waals surface area (Å²) in [5.41, 5.74) is 6.58. The molecule has 0 bridgehead atoms. The maximum absolute atomic E-state index is 5.87. The van der Waals surface area contributed by atoms with E-state index in [0.29, 0.717) is 5.82 Å². The van der Waals surface area contributed by atoms with Crippen molar-refractivity contribution in [1.29, 1.82) is 0 Å². The summed E-state index contributed by atoms with van der Waals surface area (Å²) in [7, 11) is 0. The fourth-order valence-electron chi connectivity index (χ4n) is 1.34. The van der Waals surface area contributed by atoms with Gasteiger partial charge in [0.25, 0.3) is 0 Å². The summed E-state index contributed by atoms with van der Waals surface area (Å²) >= 11 is 0. The molecule has 4 heteroatoms. The van der Waals surface area contributed by atoms with Crippen LogP contribution in [0.25, 0.3) is 10.9 Å². The highest BCUT2D eigenvalue weighted by Gasteiger charge is 2.18.